The Bertz CT molecular complexity index is 211. The van der Waals surface area contributed by atoms with Crippen LogP contribution in [-0.2, 0) is 4.74 Å². The average molecular weight is 199 g/mol. The van der Waals surface area contributed by atoms with E-state index in [1.165, 1.54) is 12.8 Å². The Morgan fingerprint density at radius 1 is 1.69 bits per heavy atom. The van der Waals surface area contributed by atoms with Crippen LogP contribution in [0.3, 0.4) is 0 Å². The summed E-state index contributed by atoms with van der Waals surface area (Å²) >= 11 is 1.70. The van der Waals surface area contributed by atoms with Crippen LogP contribution in [0.1, 0.15) is 33.1 Å². The van der Waals surface area contributed by atoms with Gasteiger partial charge in [-0.05, 0) is 25.8 Å². The fraction of sp³-hybridized carbons (Fsp3) is 0.700. The molecule has 1 heterocycles. The maximum absolute atomic E-state index is 5.53. The van der Waals surface area contributed by atoms with Gasteiger partial charge in [0.05, 0.1) is 12.3 Å². The summed E-state index contributed by atoms with van der Waals surface area (Å²) in [4.78, 5) is 4.22. The minimum atomic E-state index is 0.838. The second-order valence-corrected chi connectivity index (χ2v) is 4.10. The number of aliphatic imine (C=N–C) groups is 1. The third-order valence-electron chi connectivity index (χ3n) is 1.80. The van der Waals surface area contributed by atoms with E-state index in [4.69, 9.17) is 4.74 Å². The highest BCUT2D eigenvalue weighted by atomic mass is 32.2. The number of nitrogens with zero attached hydrogens (tertiary/aromatic N) is 1. The van der Waals surface area contributed by atoms with Crippen LogP contribution in [0.4, 0.5) is 0 Å². The second kappa shape index (κ2) is 6.08. The number of allylic oxidation sites excluding steroid dienone is 2. The number of rotatable bonds is 4. The molecule has 0 fully saturated rings. The SMILES string of the molecule is CCCCC=C(C)OC1=NCCS1. The molecule has 1 aliphatic rings. The summed E-state index contributed by atoms with van der Waals surface area (Å²) in [6, 6.07) is 0. The van der Waals surface area contributed by atoms with Crippen molar-refractivity contribution >= 4 is 17.0 Å². The monoisotopic (exact) mass is 199 g/mol. The lowest BCUT2D eigenvalue weighted by Gasteiger charge is -2.03. The Morgan fingerprint density at radius 3 is 3.15 bits per heavy atom. The molecule has 0 aliphatic carbocycles. The van der Waals surface area contributed by atoms with Gasteiger partial charge in [-0.3, -0.25) is 0 Å². The summed E-state index contributed by atoms with van der Waals surface area (Å²) < 4.78 is 5.53. The van der Waals surface area contributed by atoms with Gasteiger partial charge in [0.25, 0.3) is 5.23 Å². The third kappa shape index (κ3) is 4.36. The molecule has 0 unspecified atom stereocenters. The smallest absolute Gasteiger partial charge is 0.251 e. The number of hydrogen-bond acceptors (Lipinski definition) is 3. The fourth-order valence-corrected chi connectivity index (χ4v) is 1.80. The normalized spacial score (nSPS) is 17.4. The maximum Gasteiger partial charge on any atom is 0.251 e. The Balaban J connectivity index is 2.22. The molecular weight excluding hydrogens is 182 g/mol. The van der Waals surface area contributed by atoms with Gasteiger partial charge in [0.15, 0.2) is 0 Å². The zero-order valence-corrected chi connectivity index (χ0v) is 9.19. The highest BCUT2D eigenvalue weighted by molar-refractivity contribution is 8.13. The van der Waals surface area contributed by atoms with Crippen molar-refractivity contribution in [1.82, 2.24) is 0 Å². The molecule has 1 aliphatic heterocycles. The minimum Gasteiger partial charge on any atom is -0.439 e. The van der Waals surface area contributed by atoms with Crippen LogP contribution in [0.15, 0.2) is 16.8 Å². The molecule has 0 spiro atoms. The van der Waals surface area contributed by atoms with Crippen molar-refractivity contribution in [1.29, 1.82) is 0 Å². The van der Waals surface area contributed by atoms with Crippen LogP contribution in [0.2, 0.25) is 0 Å². The van der Waals surface area contributed by atoms with Crippen LogP contribution in [0, 0.1) is 0 Å². The largest absolute Gasteiger partial charge is 0.439 e. The van der Waals surface area contributed by atoms with Gasteiger partial charge in [0.2, 0.25) is 0 Å². The van der Waals surface area contributed by atoms with E-state index in [0.717, 1.165) is 29.7 Å². The molecule has 3 heteroatoms. The lowest BCUT2D eigenvalue weighted by atomic mass is 10.2. The Morgan fingerprint density at radius 2 is 2.54 bits per heavy atom. The Hall–Kier alpha value is -0.440. The number of unbranched alkanes of at least 4 members (excludes halogenated alkanes) is 2. The first-order valence-electron chi connectivity index (χ1n) is 4.84. The first-order valence-corrected chi connectivity index (χ1v) is 5.83. The van der Waals surface area contributed by atoms with Crippen LogP contribution >= 0.6 is 11.8 Å². The quantitative estimate of drug-likeness (QED) is 0.512. The Labute approximate surface area is 84.5 Å². The van der Waals surface area contributed by atoms with Crippen molar-refractivity contribution in [3.8, 4) is 0 Å². The van der Waals surface area contributed by atoms with E-state index in [9.17, 15) is 0 Å². The molecular formula is C10H17NOS. The van der Waals surface area contributed by atoms with Crippen molar-refractivity contribution in [2.45, 2.75) is 33.1 Å². The third-order valence-corrected chi connectivity index (χ3v) is 2.64. The average Bonchev–Trinajstić information content (AvgIpc) is 2.57. The van der Waals surface area contributed by atoms with Crippen molar-refractivity contribution in [3.05, 3.63) is 11.8 Å². The summed E-state index contributed by atoms with van der Waals surface area (Å²) in [5, 5.41) is 0.838. The summed E-state index contributed by atoms with van der Waals surface area (Å²) in [6.07, 6.45) is 5.73. The van der Waals surface area contributed by atoms with Crippen molar-refractivity contribution in [2.24, 2.45) is 4.99 Å². The van der Waals surface area contributed by atoms with Crippen LogP contribution in [0.25, 0.3) is 0 Å². The van der Waals surface area contributed by atoms with E-state index in [0.29, 0.717) is 0 Å². The summed E-state index contributed by atoms with van der Waals surface area (Å²) in [5.41, 5.74) is 0. The molecule has 0 N–H and O–H groups in total. The van der Waals surface area contributed by atoms with Gasteiger partial charge in [-0.15, -0.1) is 0 Å². The van der Waals surface area contributed by atoms with Gasteiger partial charge in [0.1, 0.15) is 0 Å². The summed E-state index contributed by atoms with van der Waals surface area (Å²) in [7, 11) is 0. The minimum absolute atomic E-state index is 0.838. The molecule has 0 bridgehead atoms. The van der Waals surface area contributed by atoms with Crippen LogP contribution in [0.5, 0.6) is 0 Å². The lowest BCUT2D eigenvalue weighted by molar-refractivity contribution is 0.426. The Kier molecular flexibility index (Phi) is 4.98. The molecule has 0 aromatic heterocycles. The first-order chi connectivity index (χ1) is 6.33. The van der Waals surface area contributed by atoms with Crippen molar-refractivity contribution in [3.63, 3.8) is 0 Å². The highest BCUT2D eigenvalue weighted by Crippen LogP contribution is 2.15. The number of thioether (sulfide) groups is 1. The molecule has 0 aromatic carbocycles. The second-order valence-electron chi connectivity index (χ2n) is 3.06. The fourth-order valence-electron chi connectivity index (χ4n) is 1.07. The lowest BCUT2D eigenvalue weighted by Crippen LogP contribution is -1.94. The molecule has 0 atom stereocenters. The van der Waals surface area contributed by atoms with Gasteiger partial charge < -0.3 is 4.74 Å². The van der Waals surface area contributed by atoms with Crippen molar-refractivity contribution in [2.75, 3.05) is 12.3 Å². The standard InChI is InChI=1S/C10H17NOS/c1-3-4-5-6-9(2)12-10-11-7-8-13-10/h6H,3-5,7-8H2,1-2H3. The topological polar surface area (TPSA) is 21.6 Å². The molecule has 0 amide bonds. The van der Waals surface area contributed by atoms with Gasteiger partial charge in [-0.2, -0.15) is 0 Å². The number of ether oxygens (including phenoxy) is 1. The highest BCUT2D eigenvalue weighted by Gasteiger charge is 2.08. The predicted molar refractivity (Wildman–Crippen MR) is 59.1 cm³/mol. The molecule has 2 nitrogen and oxygen atoms in total. The van der Waals surface area contributed by atoms with Gasteiger partial charge in [-0.1, -0.05) is 25.1 Å². The maximum atomic E-state index is 5.53. The van der Waals surface area contributed by atoms with E-state index in [1.807, 2.05) is 6.92 Å². The molecule has 13 heavy (non-hydrogen) atoms. The molecule has 1 rings (SSSR count). The number of hydrogen-bond donors (Lipinski definition) is 0. The zero-order chi connectivity index (χ0) is 9.52. The zero-order valence-electron chi connectivity index (χ0n) is 8.38. The van der Waals surface area contributed by atoms with Gasteiger partial charge in [-0.25, -0.2) is 4.99 Å². The van der Waals surface area contributed by atoms with Crippen LogP contribution < -0.4 is 0 Å². The molecule has 74 valence electrons. The van der Waals surface area contributed by atoms with Gasteiger partial charge in [0, 0.05) is 5.75 Å². The molecule has 0 radical (unpaired) electrons. The van der Waals surface area contributed by atoms with E-state index in [2.05, 4.69) is 18.0 Å². The van der Waals surface area contributed by atoms with E-state index in [-0.39, 0.29) is 0 Å². The van der Waals surface area contributed by atoms with E-state index >= 15 is 0 Å². The first kappa shape index (κ1) is 10.6. The van der Waals surface area contributed by atoms with Crippen molar-refractivity contribution < 1.29 is 4.74 Å². The summed E-state index contributed by atoms with van der Waals surface area (Å²) in [6.45, 7) is 5.10. The van der Waals surface area contributed by atoms with E-state index in [1.54, 1.807) is 11.8 Å². The summed E-state index contributed by atoms with van der Waals surface area (Å²) in [5.74, 6) is 2.05. The predicted octanol–water partition coefficient (Wildman–Crippen LogP) is 3.20. The molecule has 0 saturated carbocycles. The molecule has 0 aromatic rings. The van der Waals surface area contributed by atoms with E-state index < -0.39 is 0 Å². The van der Waals surface area contributed by atoms with Crippen LogP contribution in [-0.4, -0.2) is 17.5 Å². The van der Waals surface area contributed by atoms with Gasteiger partial charge >= 0.3 is 0 Å². The molecule has 0 saturated heterocycles.